The molecule has 0 aliphatic carbocycles. The average molecular weight is 459 g/mol. The molecular formula is C19H17F4N3O2S2. The van der Waals surface area contributed by atoms with Crippen LogP contribution in [0.2, 0.25) is 0 Å². The number of alkyl halides is 3. The minimum absolute atomic E-state index is 0.0497. The summed E-state index contributed by atoms with van der Waals surface area (Å²) in [6.07, 6.45) is -6.44. The number of hydrogen-bond acceptors (Lipinski definition) is 5. The van der Waals surface area contributed by atoms with Crippen molar-refractivity contribution in [1.82, 2.24) is 0 Å². The molecule has 1 aromatic carbocycles. The highest BCUT2D eigenvalue weighted by Crippen LogP contribution is 2.45. The number of amidine groups is 1. The smallest absolute Gasteiger partial charge is 0.386 e. The van der Waals surface area contributed by atoms with Crippen molar-refractivity contribution in [2.75, 3.05) is 5.75 Å². The molecule has 11 heteroatoms. The van der Waals surface area contributed by atoms with Crippen LogP contribution in [-0.4, -0.2) is 30.9 Å². The molecule has 5 nitrogen and oxygen atoms in total. The van der Waals surface area contributed by atoms with Crippen LogP contribution in [0.25, 0.3) is 15.3 Å². The second-order valence-electron chi connectivity index (χ2n) is 7.50. The molecule has 0 spiro atoms. The Kier molecular flexibility index (Phi) is 5.23. The van der Waals surface area contributed by atoms with E-state index in [0.717, 1.165) is 18.3 Å². The molecule has 0 fully saturated rings. The summed E-state index contributed by atoms with van der Waals surface area (Å²) in [6, 6.07) is 7.63. The second kappa shape index (κ2) is 7.06. The van der Waals surface area contributed by atoms with Crippen molar-refractivity contribution in [2.45, 2.75) is 36.7 Å². The van der Waals surface area contributed by atoms with E-state index in [9.17, 15) is 26.0 Å². The Labute approximate surface area is 175 Å². The molecule has 30 heavy (non-hydrogen) atoms. The molecule has 2 aromatic rings. The summed E-state index contributed by atoms with van der Waals surface area (Å²) in [5, 5.41) is 0. The maximum absolute atomic E-state index is 14.8. The summed E-state index contributed by atoms with van der Waals surface area (Å²) in [5.74, 6) is -2.25. The lowest BCUT2D eigenvalue weighted by Crippen LogP contribution is -2.58. The van der Waals surface area contributed by atoms with Gasteiger partial charge in [0, 0.05) is 4.88 Å². The van der Waals surface area contributed by atoms with E-state index in [4.69, 9.17) is 12.3 Å². The van der Waals surface area contributed by atoms with Gasteiger partial charge in [-0.1, -0.05) is 18.2 Å². The SMILES string of the molecule is [C-]#[N+]c1cccc(-c2cc(F)c([C@]3(C)CS(=O)(=O)[C@@](C)(CC(F)(F)F)C(N)=N3)s2)c1. The molecule has 3 rings (SSSR count). The van der Waals surface area contributed by atoms with E-state index in [1.807, 2.05) is 0 Å². The lowest BCUT2D eigenvalue weighted by atomic mass is 9.99. The Morgan fingerprint density at radius 3 is 2.53 bits per heavy atom. The van der Waals surface area contributed by atoms with E-state index in [2.05, 4.69) is 9.84 Å². The first-order chi connectivity index (χ1) is 13.7. The van der Waals surface area contributed by atoms with Crippen molar-refractivity contribution in [1.29, 1.82) is 0 Å². The normalized spacial score (nSPS) is 26.1. The number of sulfone groups is 1. The second-order valence-corrected chi connectivity index (χ2v) is 11.0. The summed E-state index contributed by atoms with van der Waals surface area (Å²) >= 11 is 0.926. The minimum Gasteiger partial charge on any atom is -0.386 e. The van der Waals surface area contributed by atoms with Crippen LogP contribution in [0.5, 0.6) is 0 Å². The molecule has 2 N–H and O–H groups in total. The van der Waals surface area contributed by atoms with Gasteiger partial charge in [0.1, 0.15) is 21.9 Å². The average Bonchev–Trinajstić information content (AvgIpc) is 3.01. The maximum atomic E-state index is 14.8. The molecule has 0 unspecified atom stereocenters. The van der Waals surface area contributed by atoms with Crippen LogP contribution in [0, 0.1) is 12.4 Å². The first-order valence-electron chi connectivity index (χ1n) is 8.63. The maximum Gasteiger partial charge on any atom is 0.391 e. The van der Waals surface area contributed by atoms with Gasteiger partial charge in [-0.2, -0.15) is 13.2 Å². The van der Waals surface area contributed by atoms with Crippen molar-refractivity contribution >= 4 is 32.7 Å². The number of aliphatic imine (C=N–C) groups is 1. The monoisotopic (exact) mass is 459 g/mol. The van der Waals surface area contributed by atoms with Crippen molar-refractivity contribution < 1.29 is 26.0 Å². The zero-order chi connectivity index (χ0) is 22.5. The van der Waals surface area contributed by atoms with Crippen LogP contribution in [0.15, 0.2) is 35.3 Å². The molecule has 160 valence electrons. The van der Waals surface area contributed by atoms with Gasteiger partial charge in [-0.25, -0.2) is 17.7 Å². The quantitative estimate of drug-likeness (QED) is 0.528. The van der Waals surface area contributed by atoms with Crippen LogP contribution in [0.1, 0.15) is 25.1 Å². The molecule has 0 amide bonds. The molecule has 0 bridgehead atoms. The first-order valence-corrected chi connectivity index (χ1v) is 11.1. The number of nitrogens with zero attached hydrogens (tertiary/aromatic N) is 2. The third-order valence-corrected chi connectivity index (χ3v) is 9.12. The van der Waals surface area contributed by atoms with Gasteiger partial charge in [-0.05, 0) is 31.5 Å². The number of nitrogens with two attached hydrogens (primary N) is 1. The fourth-order valence-corrected chi connectivity index (χ4v) is 6.64. The predicted molar refractivity (Wildman–Crippen MR) is 108 cm³/mol. The van der Waals surface area contributed by atoms with Gasteiger partial charge in [0.2, 0.25) is 0 Å². The Hall–Kier alpha value is -2.45. The van der Waals surface area contributed by atoms with Gasteiger partial charge in [0.05, 0.1) is 23.6 Å². The summed E-state index contributed by atoms with van der Waals surface area (Å²) in [4.78, 5) is 7.76. The van der Waals surface area contributed by atoms with E-state index < -0.39 is 50.1 Å². The van der Waals surface area contributed by atoms with Gasteiger partial charge in [0.15, 0.2) is 15.5 Å². The molecule has 1 aliphatic heterocycles. The molecule has 0 radical (unpaired) electrons. The van der Waals surface area contributed by atoms with Crippen LogP contribution < -0.4 is 5.73 Å². The predicted octanol–water partition coefficient (Wildman–Crippen LogP) is 4.82. The number of benzene rings is 1. The Bertz CT molecular complexity index is 1180. The molecule has 0 saturated heterocycles. The zero-order valence-corrected chi connectivity index (χ0v) is 17.6. The van der Waals surface area contributed by atoms with Gasteiger partial charge >= 0.3 is 6.18 Å². The molecule has 1 aliphatic rings. The van der Waals surface area contributed by atoms with Crippen molar-refractivity contribution in [3.05, 3.63) is 52.4 Å². The summed E-state index contributed by atoms with van der Waals surface area (Å²) < 4.78 is 77.0. The van der Waals surface area contributed by atoms with E-state index >= 15 is 0 Å². The van der Waals surface area contributed by atoms with E-state index in [0.29, 0.717) is 16.1 Å². The lowest BCUT2D eigenvalue weighted by molar-refractivity contribution is -0.137. The highest BCUT2D eigenvalue weighted by Gasteiger charge is 2.56. The topological polar surface area (TPSA) is 76.9 Å². The van der Waals surface area contributed by atoms with E-state index in [1.54, 1.807) is 24.3 Å². The Balaban J connectivity index is 2.10. The van der Waals surface area contributed by atoms with E-state index in [1.165, 1.54) is 13.0 Å². The Morgan fingerprint density at radius 2 is 1.97 bits per heavy atom. The lowest BCUT2D eigenvalue weighted by Gasteiger charge is -2.39. The number of hydrogen-bond donors (Lipinski definition) is 1. The number of rotatable bonds is 3. The standard InChI is InChI=1S/C19H17F4N3O2S2/c1-17(10-30(27,28)18(2,16(24)26-17)9-19(21,22)23)15-13(20)8-14(29-15)11-5-4-6-12(7-11)25-3/h4-8H,9-10H2,1-2H3,(H2,24,26)/t17-,18-/m0/s1. The molecule has 2 atom stereocenters. The third-order valence-electron chi connectivity index (χ3n) is 5.04. The molecule has 2 heterocycles. The fourth-order valence-electron chi connectivity index (χ4n) is 3.41. The van der Waals surface area contributed by atoms with Crippen molar-refractivity contribution in [3.8, 4) is 10.4 Å². The van der Waals surface area contributed by atoms with Crippen LogP contribution in [0.4, 0.5) is 23.2 Å². The molecular weight excluding hydrogens is 442 g/mol. The van der Waals surface area contributed by atoms with Crippen LogP contribution >= 0.6 is 11.3 Å². The minimum atomic E-state index is -4.77. The van der Waals surface area contributed by atoms with Crippen molar-refractivity contribution in [2.24, 2.45) is 10.7 Å². The fraction of sp³-hybridized carbons (Fsp3) is 0.368. The van der Waals surface area contributed by atoms with Crippen LogP contribution in [-0.2, 0) is 15.4 Å². The van der Waals surface area contributed by atoms with Crippen molar-refractivity contribution in [3.63, 3.8) is 0 Å². The number of thiophene rings is 1. The summed E-state index contributed by atoms with van der Waals surface area (Å²) in [7, 11) is -4.42. The Morgan fingerprint density at radius 1 is 1.30 bits per heavy atom. The summed E-state index contributed by atoms with van der Waals surface area (Å²) in [5.41, 5.74) is 4.97. The van der Waals surface area contributed by atoms with Gasteiger partial charge < -0.3 is 5.73 Å². The highest BCUT2D eigenvalue weighted by atomic mass is 32.2. The molecule has 1 aromatic heterocycles. The highest BCUT2D eigenvalue weighted by molar-refractivity contribution is 7.93. The van der Waals surface area contributed by atoms with E-state index in [-0.39, 0.29) is 4.88 Å². The largest absolute Gasteiger partial charge is 0.391 e. The summed E-state index contributed by atoms with van der Waals surface area (Å²) in [6.45, 7) is 9.30. The van der Waals surface area contributed by atoms with Gasteiger partial charge in [-0.3, -0.25) is 4.99 Å². The van der Waals surface area contributed by atoms with Gasteiger partial charge in [0.25, 0.3) is 0 Å². The van der Waals surface area contributed by atoms with Crippen LogP contribution in [0.3, 0.4) is 0 Å². The first kappa shape index (κ1) is 22.2. The zero-order valence-electron chi connectivity index (χ0n) is 15.9. The number of halogens is 4. The molecule has 0 saturated carbocycles. The van der Waals surface area contributed by atoms with Gasteiger partial charge in [-0.15, -0.1) is 11.3 Å². The third kappa shape index (κ3) is 3.81.